The van der Waals surface area contributed by atoms with Crippen molar-refractivity contribution in [1.29, 1.82) is 0 Å². The molecule has 1 amide bonds. The topological polar surface area (TPSA) is 103 Å². The lowest BCUT2D eigenvalue weighted by molar-refractivity contribution is -0.143. The van der Waals surface area contributed by atoms with Crippen LogP contribution in [0.2, 0.25) is 0 Å². The largest absolute Gasteiger partial charge is 0.507 e. The highest BCUT2D eigenvalue weighted by Crippen LogP contribution is 2.50. The van der Waals surface area contributed by atoms with Crippen LogP contribution in [0.4, 0.5) is 37.0 Å². The second-order valence-electron chi connectivity index (χ2n) is 12.0. The predicted molar refractivity (Wildman–Crippen MR) is 152 cm³/mol. The number of alkyl halides is 6. The van der Waals surface area contributed by atoms with Crippen LogP contribution in [0.15, 0.2) is 42.5 Å². The zero-order valence-electron chi connectivity index (χ0n) is 24.6. The summed E-state index contributed by atoms with van der Waals surface area (Å²) in [6, 6.07) is 6.76. The molecule has 2 aliphatic heterocycles. The molecule has 3 aromatic rings. The number of rotatable bonds is 7. The number of carboxylic acids is 1. The number of nitrogens with zero attached hydrogens (tertiary/aromatic N) is 3. The minimum atomic E-state index is -5.07. The molecule has 244 valence electrons. The van der Waals surface area contributed by atoms with Gasteiger partial charge in [0.05, 0.1) is 35.3 Å². The molecule has 2 aromatic carbocycles. The number of benzene rings is 2. The minimum absolute atomic E-state index is 0.0177. The van der Waals surface area contributed by atoms with Crippen molar-refractivity contribution < 1.29 is 50.9 Å². The second kappa shape index (κ2) is 11.1. The summed E-state index contributed by atoms with van der Waals surface area (Å²) < 4.78 is 86.8. The van der Waals surface area contributed by atoms with E-state index in [1.165, 1.54) is 17.9 Å². The Balaban J connectivity index is 1.39. The van der Waals surface area contributed by atoms with Gasteiger partial charge in [0, 0.05) is 24.2 Å². The molecule has 3 heterocycles. The number of cyclic esters (lactones) is 1. The van der Waals surface area contributed by atoms with Gasteiger partial charge in [-0.1, -0.05) is 6.07 Å². The van der Waals surface area contributed by atoms with Crippen molar-refractivity contribution >= 4 is 17.9 Å². The average molecular weight is 650 g/mol. The number of carboxylic acid groups (broad SMARTS) is 1. The third-order valence-electron chi connectivity index (χ3n) is 8.93. The summed E-state index contributed by atoms with van der Waals surface area (Å²) in [4.78, 5) is 32.7. The molecule has 0 unspecified atom stereocenters. The van der Waals surface area contributed by atoms with E-state index in [0.29, 0.717) is 52.3 Å². The Morgan fingerprint density at radius 3 is 2.20 bits per heavy atom. The van der Waals surface area contributed by atoms with Gasteiger partial charge in [0.1, 0.15) is 17.7 Å². The number of hydrogen-bond donors (Lipinski definition) is 2. The van der Waals surface area contributed by atoms with Crippen LogP contribution >= 0.6 is 0 Å². The van der Waals surface area contributed by atoms with E-state index >= 15 is 0 Å². The van der Waals surface area contributed by atoms with Crippen LogP contribution in [0.1, 0.15) is 65.3 Å². The summed E-state index contributed by atoms with van der Waals surface area (Å²) in [5, 5.41) is 20.4. The Kier molecular flexibility index (Phi) is 7.59. The van der Waals surface area contributed by atoms with Crippen LogP contribution < -0.4 is 4.90 Å². The lowest BCUT2D eigenvalue weighted by Gasteiger charge is -2.33. The van der Waals surface area contributed by atoms with E-state index in [0.717, 1.165) is 19.5 Å². The predicted octanol–water partition coefficient (Wildman–Crippen LogP) is 7.28. The first-order chi connectivity index (χ1) is 21.5. The molecular weight excluding hydrogens is 620 g/mol. The molecule has 1 aromatic heterocycles. The molecule has 46 heavy (non-hydrogen) atoms. The van der Waals surface area contributed by atoms with Gasteiger partial charge in [0.25, 0.3) is 0 Å². The zero-order valence-corrected chi connectivity index (χ0v) is 24.6. The number of pyridine rings is 1. The van der Waals surface area contributed by atoms with E-state index < -0.39 is 59.2 Å². The summed E-state index contributed by atoms with van der Waals surface area (Å²) in [6.45, 7) is 4.51. The van der Waals surface area contributed by atoms with Crippen LogP contribution in [-0.2, 0) is 28.4 Å². The van der Waals surface area contributed by atoms with Gasteiger partial charge in [-0.05, 0) is 85.7 Å². The molecule has 1 saturated carbocycles. The highest BCUT2D eigenvalue weighted by Gasteiger charge is 2.45. The molecule has 4 atom stereocenters. The summed E-state index contributed by atoms with van der Waals surface area (Å²) in [7, 11) is 0. The van der Waals surface area contributed by atoms with Crippen molar-refractivity contribution in [2.45, 2.75) is 63.7 Å². The zero-order chi connectivity index (χ0) is 33.3. The number of aryl methyl sites for hydroxylation is 1. The Labute approximate surface area is 259 Å². The number of anilines is 1. The number of halogens is 6. The molecule has 3 fully saturated rings. The van der Waals surface area contributed by atoms with Crippen molar-refractivity contribution in [2.24, 2.45) is 5.92 Å². The SMILES string of the molecule is Cc1cc(N2CCC2)nc(CN2C(=O)O[C@H](c3cc(C(F)(F)F)cc(C(F)(F)F)c3)[C@@H]2C)c1-c1cc([C@H]2C[C@@H]2C(=O)O)ccc1O. The Morgan fingerprint density at radius 2 is 1.65 bits per heavy atom. The standard InChI is InChI=1S/C32H29F6N3O5/c1-15-8-26(40-6-3-7-40)39-24(27(15)23-11-17(4-5-25(23)42)21-13-22(21)29(43)44)14-41-16(2)28(46-30(41)45)18-9-19(31(33,34)35)12-20(10-18)32(36,37)38/h4-5,8-12,16,21-22,28,42H,3,6-7,13-14H2,1-2H3,(H,43,44)/t16-,21+,22-,28-/m0/s1. The summed E-state index contributed by atoms with van der Waals surface area (Å²) in [5.74, 6) is -1.21. The Hall–Kier alpha value is -4.49. The number of aromatic nitrogens is 1. The number of phenols is 1. The monoisotopic (exact) mass is 649 g/mol. The van der Waals surface area contributed by atoms with Gasteiger partial charge in [-0.25, -0.2) is 9.78 Å². The van der Waals surface area contributed by atoms with Gasteiger partial charge in [-0.15, -0.1) is 0 Å². The number of aliphatic carboxylic acids is 1. The molecule has 0 bridgehead atoms. The van der Waals surface area contributed by atoms with Crippen LogP contribution in [0, 0.1) is 12.8 Å². The average Bonchev–Trinajstić information content (AvgIpc) is 3.69. The lowest BCUT2D eigenvalue weighted by atomic mass is 9.94. The third-order valence-corrected chi connectivity index (χ3v) is 8.93. The highest BCUT2D eigenvalue weighted by atomic mass is 19.4. The molecule has 2 N–H and O–H groups in total. The number of ether oxygens (including phenoxy) is 1. The molecule has 1 aliphatic carbocycles. The highest BCUT2D eigenvalue weighted by molar-refractivity contribution is 5.80. The molecule has 0 radical (unpaired) electrons. The minimum Gasteiger partial charge on any atom is -0.507 e. The van der Waals surface area contributed by atoms with Gasteiger partial charge in [0.15, 0.2) is 0 Å². The number of phenolic OH excluding ortho intramolecular Hbond substituents is 1. The second-order valence-corrected chi connectivity index (χ2v) is 12.0. The summed E-state index contributed by atoms with van der Waals surface area (Å²) in [6.07, 6.45) is -11.2. The maximum atomic E-state index is 13.6. The van der Waals surface area contributed by atoms with E-state index in [-0.39, 0.29) is 24.3 Å². The number of aromatic hydroxyl groups is 1. The van der Waals surface area contributed by atoms with E-state index in [1.54, 1.807) is 19.1 Å². The van der Waals surface area contributed by atoms with Crippen molar-refractivity contribution in [3.8, 4) is 16.9 Å². The molecule has 0 spiro atoms. The van der Waals surface area contributed by atoms with Crippen LogP contribution in [0.25, 0.3) is 11.1 Å². The molecule has 2 saturated heterocycles. The molecule has 6 rings (SSSR count). The fraction of sp³-hybridized carbons (Fsp3) is 0.406. The van der Waals surface area contributed by atoms with Gasteiger partial charge in [-0.2, -0.15) is 26.3 Å². The summed E-state index contributed by atoms with van der Waals surface area (Å²) in [5.41, 5.74) is -0.942. The fourth-order valence-corrected chi connectivity index (χ4v) is 6.19. The van der Waals surface area contributed by atoms with Crippen molar-refractivity contribution in [1.82, 2.24) is 9.88 Å². The quantitative estimate of drug-likeness (QED) is 0.260. The maximum absolute atomic E-state index is 13.6. The normalized spacial score (nSPS) is 22.9. The van der Waals surface area contributed by atoms with Gasteiger partial charge >= 0.3 is 24.4 Å². The Morgan fingerprint density at radius 1 is 1.00 bits per heavy atom. The number of carbonyl (C=O) groups excluding carboxylic acids is 1. The van der Waals surface area contributed by atoms with Crippen LogP contribution in [-0.4, -0.2) is 51.3 Å². The molecule has 14 heteroatoms. The smallest absolute Gasteiger partial charge is 0.416 e. The Bertz CT molecular complexity index is 1690. The van der Waals surface area contributed by atoms with Gasteiger partial charge in [0.2, 0.25) is 0 Å². The van der Waals surface area contributed by atoms with Crippen molar-refractivity contribution in [3.05, 3.63) is 76.0 Å². The summed E-state index contributed by atoms with van der Waals surface area (Å²) >= 11 is 0. The van der Waals surface area contributed by atoms with E-state index in [4.69, 9.17) is 9.72 Å². The number of hydrogen-bond acceptors (Lipinski definition) is 6. The first kappa shape index (κ1) is 31.5. The number of carbonyl (C=O) groups is 2. The maximum Gasteiger partial charge on any atom is 0.416 e. The van der Waals surface area contributed by atoms with Crippen molar-refractivity contribution in [3.63, 3.8) is 0 Å². The van der Waals surface area contributed by atoms with Gasteiger partial charge < -0.3 is 19.8 Å². The van der Waals surface area contributed by atoms with E-state index in [2.05, 4.69) is 0 Å². The third kappa shape index (κ3) is 5.80. The molecule has 8 nitrogen and oxygen atoms in total. The van der Waals surface area contributed by atoms with Crippen LogP contribution in [0.3, 0.4) is 0 Å². The molecular formula is C32H29F6N3O5. The van der Waals surface area contributed by atoms with Gasteiger partial charge in [-0.3, -0.25) is 9.69 Å². The first-order valence-electron chi connectivity index (χ1n) is 14.6. The first-order valence-corrected chi connectivity index (χ1v) is 14.6. The van der Waals surface area contributed by atoms with Crippen LogP contribution in [0.5, 0.6) is 5.75 Å². The van der Waals surface area contributed by atoms with E-state index in [1.807, 2.05) is 11.0 Å². The number of amides is 1. The van der Waals surface area contributed by atoms with E-state index in [9.17, 15) is 46.1 Å². The fourth-order valence-electron chi connectivity index (χ4n) is 6.19. The van der Waals surface area contributed by atoms with Crippen molar-refractivity contribution in [2.75, 3.05) is 18.0 Å². The molecule has 3 aliphatic rings. The lowest BCUT2D eigenvalue weighted by Crippen LogP contribution is -2.38.